The molecule has 0 atom stereocenters. The average molecular weight is 219 g/mol. The van der Waals surface area contributed by atoms with Gasteiger partial charge < -0.3 is 4.74 Å². The number of aromatic nitrogens is 1. The quantitative estimate of drug-likeness (QED) is 0.765. The van der Waals surface area contributed by atoms with Crippen LogP contribution >= 0.6 is 11.3 Å². The number of nitrogens with zero attached hydrogens (tertiary/aromatic N) is 1. The Morgan fingerprint density at radius 3 is 2.33 bits per heavy atom. The van der Waals surface area contributed by atoms with Crippen LogP contribution in [0.4, 0.5) is 0 Å². The number of aryl methyl sites for hydroxylation is 2. The van der Waals surface area contributed by atoms with Crippen LogP contribution in [-0.2, 0) is 0 Å². The summed E-state index contributed by atoms with van der Waals surface area (Å²) < 4.78 is 5.63. The van der Waals surface area contributed by atoms with Gasteiger partial charge in [-0.05, 0) is 49.6 Å². The minimum absolute atomic E-state index is 0.669. The van der Waals surface area contributed by atoms with Crippen molar-refractivity contribution in [2.75, 3.05) is 0 Å². The first kappa shape index (κ1) is 10.2. The fraction of sp³-hybridized carbons (Fsp3) is 0.250. The molecule has 0 saturated carbocycles. The van der Waals surface area contributed by atoms with Crippen LogP contribution in [0.1, 0.15) is 16.7 Å². The summed E-state index contributed by atoms with van der Waals surface area (Å²) in [6.45, 7) is 6.31. The molecule has 0 unspecified atom stereocenters. The highest BCUT2D eigenvalue weighted by Crippen LogP contribution is 2.25. The van der Waals surface area contributed by atoms with Gasteiger partial charge in [-0.3, -0.25) is 0 Å². The maximum atomic E-state index is 5.63. The van der Waals surface area contributed by atoms with Crippen LogP contribution < -0.4 is 4.74 Å². The molecule has 0 aliphatic carbocycles. The minimum atomic E-state index is 0.669. The van der Waals surface area contributed by atoms with E-state index >= 15 is 0 Å². The third-order valence-corrected chi connectivity index (χ3v) is 3.10. The van der Waals surface area contributed by atoms with Gasteiger partial charge in [0.2, 0.25) is 5.88 Å². The van der Waals surface area contributed by atoms with Crippen molar-refractivity contribution in [3.8, 4) is 11.6 Å². The van der Waals surface area contributed by atoms with Gasteiger partial charge in [-0.15, -0.1) is 11.3 Å². The van der Waals surface area contributed by atoms with Gasteiger partial charge in [-0.2, -0.15) is 0 Å². The molecule has 0 amide bonds. The highest BCUT2D eigenvalue weighted by molar-refractivity contribution is 7.07. The van der Waals surface area contributed by atoms with Gasteiger partial charge in [0, 0.05) is 0 Å². The molecule has 2 aromatic rings. The molecule has 0 saturated heterocycles. The van der Waals surface area contributed by atoms with Crippen molar-refractivity contribution in [2.24, 2.45) is 0 Å². The zero-order valence-electron chi connectivity index (χ0n) is 9.07. The van der Waals surface area contributed by atoms with Gasteiger partial charge in [-0.1, -0.05) is 0 Å². The highest BCUT2D eigenvalue weighted by Gasteiger charge is 2.03. The van der Waals surface area contributed by atoms with E-state index in [2.05, 4.69) is 25.8 Å². The predicted octanol–water partition coefficient (Wildman–Crippen LogP) is 3.86. The van der Waals surface area contributed by atoms with E-state index in [-0.39, 0.29) is 0 Å². The normalized spacial score (nSPS) is 10.3. The Labute approximate surface area is 93.6 Å². The van der Waals surface area contributed by atoms with E-state index < -0.39 is 0 Å². The zero-order chi connectivity index (χ0) is 10.8. The molecule has 3 heteroatoms. The van der Waals surface area contributed by atoms with Gasteiger partial charge in [0.15, 0.2) is 0 Å². The first-order chi connectivity index (χ1) is 7.16. The molecule has 1 aromatic carbocycles. The van der Waals surface area contributed by atoms with Gasteiger partial charge in [0.25, 0.3) is 0 Å². The molecular formula is C12H13NOS. The summed E-state index contributed by atoms with van der Waals surface area (Å²) in [4.78, 5) is 4.09. The van der Waals surface area contributed by atoms with Crippen LogP contribution in [0.3, 0.4) is 0 Å². The van der Waals surface area contributed by atoms with Crippen LogP contribution in [0.5, 0.6) is 11.6 Å². The summed E-state index contributed by atoms with van der Waals surface area (Å²) >= 11 is 1.53. The molecule has 2 nitrogen and oxygen atoms in total. The molecule has 0 spiro atoms. The summed E-state index contributed by atoms with van der Waals surface area (Å²) in [5.41, 5.74) is 5.59. The van der Waals surface area contributed by atoms with E-state index in [0.29, 0.717) is 5.88 Å². The molecule has 78 valence electrons. The molecule has 0 aliphatic heterocycles. The molecule has 0 fully saturated rings. The lowest BCUT2D eigenvalue weighted by Crippen LogP contribution is -1.90. The molecule has 2 rings (SSSR count). The number of ether oxygens (including phenoxy) is 1. The fourth-order valence-electron chi connectivity index (χ4n) is 1.43. The smallest absolute Gasteiger partial charge is 0.230 e. The second kappa shape index (κ2) is 4.03. The first-order valence-corrected chi connectivity index (χ1v) is 5.75. The first-order valence-electron chi connectivity index (χ1n) is 4.80. The number of thiazole rings is 1. The summed E-state index contributed by atoms with van der Waals surface area (Å²) in [6.07, 6.45) is 0. The Morgan fingerprint density at radius 1 is 1.13 bits per heavy atom. The van der Waals surface area contributed by atoms with Gasteiger partial charge in [-0.25, -0.2) is 4.98 Å². The third kappa shape index (κ3) is 2.18. The van der Waals surface area contributed by atoms with Gasteiger partial charge in [0.1, 0.15) is 5.75 Å². The average Bonchev–Trinajstić information content (AvgIpc) is 2.66. The van der Waals surface area contributed by atoms with E-state index in [0.717, 1.165) is 5.75 Å². The van der Waals surface area contributed by atoms with Crippen molar-refractivity contribution < 1.29 is 4.74 Å². The van der Waals surface area contributed by atoms with E-state index in [1.165, 1.54) is 28.0 Å². The molecule has 0 N–H and O–H groups in total. The Morgan fingerprint density at radius 2 is 1.80 bits per heavy atom. The van der Waals surface area contributed by atoms with E-state index in [1.54, 1.807) is 5.51 Å². The Hall–Kier alpha value is -1.35. The van der Waals surface area contributed by atoms with Gasteiger partial charge in [0.05, 0.1) is 10.9 Å². The Kier molecular flexibility index (Phi) is 2.73. The van der Waals surface area contributed by atoms with E-state index in [1.807, 2.05) is 17.5 Å². The van der Waals surface area contributed by atoms with E-state index in [9.17, 15) is 0 Å². The molecule has 1 aromatic heterocycles. The van der Waals surface area contributed by atoms with Crippen LogP contribution in [0.15, 0.2) is 23.0 Å². The lowest BCUT2D eigenvalue weighted by atomic mass is 10.0. The summed E-state index contributed by atoms with van der Waals surface area (Å²) in [5.74, 6) is 1.53. The standard InChI is InChI=1S/C12H13NOS/c1-8-4-11(5-9(2)10(8)3)14-12-6-15-7-13-12/h4-7H,1-3H3. The molecule has 0 aliphatic rings. The van der Waals surface area contributed by atoms with Crippen molar-refractivity contribution in [1.82, 2.24) is 4.98 Å². The maximum Gasteiger partial charge on any atom is 0.230 e. The van der Waals surface area contributed by atoms with Crippen LogP contribution in [-0.4, -0.2) is 4.98 Å². The van der Waals surface area contributed by atoms with E-state index in [4.69, 9.17) is 4.74 Å². The minimum Gasteiger partial charge on any atom is -0.438 e. The lowest BCUT2D eigenvalue weighted by molar-refractivity contribution is 0.465. The second-order valence-corrected chi connectivity index (χ2v) is 4.33. The van der Waals surface area contributed by atoms with Crippen molar-refractivity contribution in [3.05, 3.63) is 39.7 Å². The summed E-state index contributed by atoms with van der Waals surface area (Å²) in [5, 5.41) is 1.89. The molecule has 15 heavy (non-hydrogen) atoms. The van der Waals surface area contributed by atoms with Crippen molar-refractivity contribution in [1.29, 1.82) is 0 Å². The molecule has 0 radical (unpaired) electrons. The topological polar surface area (TPSA) is 22.1 Å². The monoisotopic (exact) mass is 219 g/mol. The molecule has 0 bridgehead atoms. The zero-order valence-corrected chi connectivity index (χ0v) is 9.89. The summed E-state index contributed by atoms with van der Waals surface area (Å²) in [7, 11) is 0. The third-order valence-electron chi connectivity index (χ3n) is 2.53. The molecule has 1 heterocycles. The SMILES string of the molecule is Cc1cc(Oc2cscn2)cc(C)c1C. The van der Waals surface area contributed by atoms with Crippen molar-refractivity contribution in [3.63, 3.8) is 0 Å². The van der Waals surface area contributed by atoms with Gasteiger partial charge >= 0.3 is 0 Å². The van der Waals surface area contributed by atoms with Crippen molar-refractivity contribution >= 4 is 11.3 Å². The van der Waals surface area contributed by atoms with Crippen molar-refractivity contribution in [2.45, 2.75) is 20.8 Å². The predicted molar refractivity (Wildman–Crippen MR) is 62.8 cm³/mol. The Balaban J connectivity index is 2.30. The lowest BCUT2D eigenvalue weighted by Gasteiger charge is -2.08. The van der Waals surface area contributed by atoms with Crippen LogP contribution in [0.25, 0.3) is 0 Å². The van der Waals surface area contributed by atoms with Crippen LogP contribution in [0.2, 0.25) is 0 Å². The second-order valence-electron chi connectivity index (χ2n) is 3.61. The molecular weight excluding hydrogens is 206 g/mol. The van der Waals surface area contributed by atoms with Crippen LogP contribution in [0, 0.1) is 20.8 Å². The largest absolute Gasteiger partial charge is 0.438 e. The maximum absolute atomic E-state index is 5.63. The number of rotatable bonds is 2. The highest BCUT2D eigenvalue weighted by atomic mass is 32.1. The fourth-order valence-corrected chi connectivity index (χ4v) is 1.88. The number of hydrogen-bond donors (Lipinski definition) is 0. The number of benzene rings is 1. The Bertz CT molecular complexity index is 439. The number of hydrogen-bond acceptors (Lipinski definition) is 3. The summed E-state index contributed by atoms with van der Waals surface area (Å²) in [6, 6.07) is 4.09.